The molecule has 3 N–H and O–H groups in total. The first-order chi connectivity index (χ1) is 50.1. The van der Waals surface area contributed by atoms with Gasteiger partial charge in [0.25, 0.3) is 0 Å². The van der Waals surface area contributed by atoms with Crippen LogP contribution in [0.15, 0.2) is 0 Å². The zero-order chi connectivity index (χ0) is 76.7. The lowest BCUT2D eigenvalue weighted by Gasteiger charge is -2.21. The Morgan fingerprint density at radius 3 is 0.683 bits per heavy atom. The Bertz CT molecular complexity index is 2030. The number of aliphatic hydroxyl groups excluding tert-OH is 1. The lowest BCUT2D eigenvalue weighted by Crippen LogP contribution is -2.30. The molecule has 618 valence electrons. The van der Waals surface area contributed by atoms with E-state index in [1.54, 1.807) is 0 Å². The quantitative estimate of drug-likeness (QED) is 0.0222. The standard InChI is InChI=1S/C85H166O17P2/c1-9-78(8)64-56-48-43-44-50-58-66-83(88)96-72-81(102-85(90)68-60-52-42-36-29-23-19-15-14-17-21-26-32-38-46-54-62-76(4)5)74-100-104(93,94)98-70-79(86)69-97-103(91,92)99-73-80(71-95-82(87)65-57-49-40-34-30-24-27-33-39-47-55-63-77(6)7)101-84(89)67-59-51-41-35-28-22-18-13-11-10-12-16-20-25-31-37-45-53-61-75(2)3/h75-81,86H,9-74H2,1-8H3,(H,91,92)(H,93,94)/t78?,79-,80-,81-/m1/s1. The summed E-state index contributed by atoms with van der Waals surface area (Å²) in [5, 5.41) is 10.7. The number of carbonyl (C=O) groups excluding carboxylic acids is 4. The van der Waals surface area contributed by atoms with Crippen LogP contribution in [-0.4, -0.2) is 96.7 Å². The van der Waals surface area contributed by atoms with Gasteiger partial charge in [-0.2, -0.15) is 0 Å². The number of phosphoric ester groups is 2. The van der Waals surface area contributed by atoms with Gasteiger partial charge in [-0.05, 0) is 49.4 Å². The van der Waals surface area contributed by atoms with E-state index in [1.165, 1.54) is 238 Å². The van der Waals surface area contributed by atoms with Crippen molar-refractivity contribution in [2.75, 3.05) is 39.6 Å². The lowest BCUT2D eigenvalue weighted by atomic mass is 10.00. The van der Waals surface area contributed by atoms with Crippen molar-refractivity contribution in [2.24, 2.45) is 23.7 Å². The average Bonchev–Trinajstić information content (AvgIpc) is 0.908. The van der Waals surface area contributed by atoms with Gasteiger partial charge < -0.3 is 33.8 Å². The SMILES string of the molecule is CCC(C)CCCCCCCCC(=O)OC[C@H](COP(=O)(O)OC[C@H](O)COP(=O)(O)OC[C@@H](COC(=O)CCCCCCCCCCCCCC(C)C)OC(=O)CCCCCCCCCCCCCCCCCCCCC(C)C)OC(=O)CCCCCCCCCCCCCCCCCCC(C)C. The second-order valence-corrected chi connectivity index (χ2v) is 35.2. The van der Waals surface area contributed by atoms with E-state index < -0.39 is 97.5 Å². The normalized spacial score (nSPS) is 14.2. The van der Waals surface area contributed by atoms with Gasteiger partial charge in [0.15, 0.2) is 12.2 Å². The molecule has 17 nitrogen and oxygen atoms in total. The summed E-state index contributed by atoms with van der Waals surface area (Å²) in [6.07, 6.45) is 62.6. The third-order valence-electron chi connectivity index (χ3n) is 20.2. The predicted octanol–water partition coefficient (Wildman–Crippen LogP) is 25.6. The van der Waals surface area contributed by atoms with Gasteiger partial charge in [0.2, 0.25) is 0 Å². The van der Waals surface area contributed by atoms with Gasteiger partial charge in [-0.25, -0.2) is 9.13 Å². The van der Waals surface area contributed by atoms with Crippen molar-refractivity contribution < 1.29 is 80.2 Å². The summed E-state index contributed by atoms with van der Waals surface area (Å²) in [6.45, 7) is 14.3. The second-order valence-electron chi connectivity index (χ2n) is 32.2. The van der Waals surface area contributed by atoms with Gasteiger partial charge >= 0.3 is 39.5 Å². The summed E-state index contributed by atoms with van der Waals surface area (Å²) < 4.78 is 68.8. The van der Waals surface area contributed by atoms with E-state index in [4.69, 9.17) is 37.0 Å². The van der Waals surface area contributed by atoms with E-state index in [-0.39, 0.29) is 25.7 Å². The van der Waals surface area contributed by atoms with Crippen molar-refractivity contribution in [1.82, 2.24) is 0 Å². The predicted molar refractivity (Wildman–Crippen MR) is 428 cm³/mol. The van der Waals surface area contributed by atoms with E-state index in [9.17, 15) is 43.2 Å². The molecule has 0 spiro atoms. The number of carbonyl (C=O) groups is 4. The van der Waals surface area contributed by atoms with Crippen molar-refractivity contribution in [3.63, 3.8) is 0 Å². The first-order valence-corrected chi connectivity index (χ1v) is 46.7. The molecule has 0 aliphatic heterocycles. The summed E-state index contributed by atoms with van der Waals surface area (Å²) >= 11 is 0. The summed E-state index contributed by atoms with van der Waals surface area (Å²) in [5.41, 5.74) is 0. The molecule has 0 aromatic heterocycles. The number of phosphoric acid groups is 2. The molecule has 0 heterocycles. The van der Waals surface area contributed by atoms with Crippen molar-refractivity contribution in [2.45, 2.75) is 459 Å². The largest absolute Gasteiger partial charge is 0.472 e. The van der Waals surface area contributed by atoms with Crippen molar-refractivity contribution in [3.8, 4) is 0 Å². The lowest BCUT2D eigenvalue weighted by molar-refractivity contribution is -0.161. The second kappa shape index (κ2) is 73.8. The van der Waals surface area contributed by atoms with Crippen molar-refractivity contribution in [3.05, 3.63) is 0 Å². The van der Waals surface area contributed by atoms with Crippen LogP contribution in [0.2, 0.25) is 0 Å². The minimum absolute atomic E-state index is 0.107. The number of unbranched alkanes of at least 4 members (excludes halogenated alkanes) is 47. The third-order valence-corrected chi connectivity index (χ3v) is 22.1. The molecule has 0 aliphatic rings. The van der Waals surface area contributed by atoms with E-state index in [2.05, 4.69) is 55.4 Å². The number of aliphatic hydroxyl groups is 1. The molecule has 0 aromatic carbocycles. The van der Waals surface area contributed by atoms with Crippen LogP contribution in [0.4, 0.5) is 0 Å². The third kappa shape index (κ3) is 76.8. The highest BCUT2D eigenvalue weighted by Crippen LogP contribution is 2.45. The minimum atomic E-state index is -4.97. The molecule has 3 unspecified atom stereocenters. The molecule has 0 amide bonds. The van der Waals surface area contributed by atoms with Crippen molar-refractivity contribution in [1.29, 1.82) is 0 Å². The zero-order valence-corrected chi connectivity index (χ0v) is 70.5. The maximum Gasteiger partial charge on any atom is 0.472 e. The van der Waals surface area contributed by atoms with Crippen LogP contribution in [0.25, 0.3) is 0 Å². The maximum absolute atomic E-state index is 13.1. The minimum Gasteiger partial charge on any atom is -0.462 e. The molecular weight excluding hydrogens is 1350 g/mol. The van der Waals surface area contributed by atoms with Crippen LogP contribution in [0, 0.1) is 23.7 Å². The summed E-state index contributed by atoms with van der Waals surface area (Å²) in [7, 11) is -9.93. The number of hydrogen-bond acceptors (Lipinski definition) is 15. The molecule has 6 atom stereocenters. The molecule has 0 saturated carbocycles. The van der Waals surface area contributed by atoms with Gasteiger partial charge in [-0.3, -0.25) is 37.3 Å². The number of ether oxygens (including phenoxy) is 4. The fraction of sp³-hybridized carbons (Fsp3) is 0.953. The molecule has 0 aromatic rings. The zero-order valence-electron chi connectivity index (χ0n) is 68.7. The molecule has 19 heteroatoms. The average molecular weight is 1520 g/mol. The van der Waals surface area contributed by atoms with Gasteiger partial charge in [0.05, 0.1) is 26.4 Å². The highest BCUT2D eigenvalue weighted by molar-refractivity contribution is 7.47. The Morgan fingerprint density at radius 1 is 0.269 bits per heavy atom. The fourth-order valence-electron chi connectivity index (χ4n) is 13.1. The van der Waals surface area contributed by atoms with Gasteiger partial charge in [-0.1, -0.05) is 389 Å². The van der Waals surface area contributed by atoms with Gasteiger partial charge in [0, 0.05) is 25.7 Å². The highest BCUT2D eigenvalue weighted by Gasteiger charge is 2.30. The Labute approximate surface area is 638 Å². The van der Waals surface area contributed by atoms with E-state index >= 15 is 0 Å². The Hall–Kier alpha value is -1.94. The van der Waals surface area contributed by atoms with Crippen LogP contribution >= 0.6 is 15.6 Å². The highest BCUT2D eigenvalue weighted by atomic mass is 31.2. The van der Waals surface area contributed by atoms with Crippen molar-refractivity contribution >= 4 is 39.5 Å². The molecule has 0 saturated heterocycles. The molecule has 0 bridgehead atoms. The smallest absolute Gasteiger partial charge is 0.462 e. The van der Waals surface area contributed by atoms with Gasteiger partial charge in [-0.15, -0.1) is 0 Å². The number of hydrogen-bond donors (Lipinski definition) is 3. The molecule has 0 aliphatic carbocycles. The topological polar surface area (TPSA) is 237 Å². The maximum atomic E-state index is 13.1. The van der Waals surface area contributed by atoms with Crippen LogP contribution in [-0.2, 0) is 65.4 Å². The molecular formula is C85H166O17P2. The Morgan fingerprint density at radius 2 is 0.462 bits per heavy atom. The molecule has 0 rings (SSSR count). The number of esters is 4. The van der Waals surface area contributed by atoms with Crippen LogP contribution < -0.4 is 0 Å². The van der Waals surface area contributed by atoms with Gasteiger partial charge in [0.1, 0.15) is 19.3 Å². The number of rotatable bonds is 82. The van der Waals surface area contributed by atoms with Crippen LogP contribution in [0.3, 0.4) is 0 Å². The monoisotopic (exact) mass is 1520 g/mol. The molecule has 104 heavy (non-hydrogen) atoms. The van der Waals surface area contributed by atoms with Crippen LogP contribution in [0.1, 0.15) is 441 Å². The van der Waals surface area contributed by atoms with E-state index in [1.807, 2.05) is 0 Å². The Balaban J connectivity index is 5.21. The van der Waals surface area contributed by atoms with E-state index in [0.717, 1.165) is 120 Å². The van der Waals surface area contributed by atoms with E-state index in [0.29, 0.717) is 25.7 Å². The first-order valence-electron chi connectivity index (χ1n) is 43.7. The summed E-state index contributed by atoms with van der Waals surface area (Å²) in [4.78, 5) is 73.2. The van der Waals surface area contributed by atoms with Crippen LogP contribution in [0.5, 0.6) is 0 Å². The summed E-state index contributed by atoms with van der Waals surface area (Å²) in [6, 6.07) is 0. The molecule has 0 radical (unpaired) electrons. The Kier molecular flexibility index (Phi) is 72.5. The molecule has 0 fully saturated rings. The summed E-state index contributed by atoms with van der Waals surface area (Å²) in [5.74, 6) is 1.02. The fourth-order valence-corrected chi connectivity index (χ4v) is 14.7. The first kappa shape index (κ1) is 102.